The van der Waals surface area contributed by atoms with Gasteiger partial charge in [0.25, 0.3) is 0 Å². The highest BCUT2D eigenvalue weighted by atomic mass is 32.2. The van der Waals surface area contributed by atoms with E-state index >= 15 is 0 Å². The highest BCUT2D eigenvalue weighted by Crippen LogP contribution is 2.39. The third-order valence-corrected chi connectivity index (χ3v) is 6.13. The van der Waals surface area contributed by atoms with Crippen LogP contribution in [0, 0.1) is 6.92 Å². The van der Waals surface area contributed by atoms with E-state index in [1.54, 1.807) is 0 Å². The van der Waals surface area contributed by atoms with Crippen LogP contribution in [0.4, 0.5) is 0 Å². The number of morpholine rings is 1. The maximum absolute atomic E-state index is 12.7. The molecule has 3 rings (SSSR count). The van der Waals surface area contributed by atoms with Gasteiger partial charge in [-0.3, -0.25) is 0 Å². The number of ether oxygens (including phenoxy) is 1. The van der Waals surface area contributed by atoms with Crippen LogP contribution in [0.5, 0.6) is 0 Å². The number of aryl methyl sites for hydroxylation is 1. The first-order valence-electron chi connectivity index (χ1n) is 6.82. The molecule has 1 aromatic heterocycles. The summed E-state index contributed by atoms with van der Waals surface area (Å²) in [6, 6.07) is 1.08. The number of hydrogen-bond donors (Lipinski definition) is 1. The van der Waals surface area contributed by atoms with E-state index < -0.39 is 16.0 Å². The fraction of sp³-hybridized carbons (Fsp3) is 0.615. The van der Waals surface area contributed by atoms with E-state index in [1.165, 1.54) is 11.2 Å². The SMILES string of the molecule is Cc1oc(C(=O)O)cc1S(=O)(=O)N1CCOC2(CCC2)C1. The van der Waals surface area contributed by atoms with Gasteiger partial charge in [0.2, 0.25) is 15.8 Å². The molecule has 0 radical (unpaired) electrons. The van der Waals surface area contributed by atoms with Crippen molar-refractivity contribution in [3.63, 3.8) is 0 Å². The lowest BCUT2D eigenvalue weighted by molar-refractivity contribution is -0.135. The van der Waals surface area contributed by atoms with Crippen molar-refractivity contribution in [1.82, 2.24) is 4.31 Å². The summed E-state index contributed by atoms with van der Waals surface area (Å²) in [5.74, 6) is -1.55. The van der Waals surface area contributed by atoms with Gasteiger partial charge in [0.15, 0.2) is 0 Å². The summed E-state index contributed by atoms with van der Waals surface area (Å²) in [5.41, 5.74) is -0.349. The van der Waals surface area contributed by atoms with Crippen molar-refractivity contribution in [3.8, 4) is 0 Å². The van der Waals surface area contributed by atoms with Crippen molar-refractivity contribution < 1.29 is 27.5 Å². The second kappa shape index (κ2) is 4.82. The van der Waals surface area contributed by atoms with Crippen molar-refractivity contribution in [3.05, 3.63) is 17.6 Å². The molecule has 0 bridgehead atoms. The molecular weight excluding hydrogens is 298 g/mol. The average molecular weight is 315 g/mol. The predicted octanol–water partition coefficient (Wildman–Crippen LogP) is 1.23. The molecule has 1 saturated heterocycles. The zero-order valence-corrected chi connectivity index (χ0v) is 12.5. The van der Waals surface area contributed by atoms with Crippen LogP contribution in [0.2, 0.25) is 0 Å². The molecule has 21 heavy (non-hydrogen) atoms. The van der Waals surface area contributed by atoms with E-state index in [9.17, 15) is 13.2 Å². The van der Waals surface area contributed by atoms with E-state index in [2.05, 4.69) is 0 Å². The largest absolute Gasteiger partial charge is 0.475 e. The molecule has 1 aliphatic heterocycles. The zero-order valence-electron chi connectivity index (χ0n) is 11.7. The molecule has 0 unspecified atom stereocenters. The standard InChI is InChI=1S/C13H17NO6S/c1-9-11(7-10(20-9)12(15)16)21(17,18)14-5-6-19-13(8-14)3-2-4-13/h7H,2-6,8H2,1H3,(H,15,16). The fourth-order valence-electron chi connectivity index (χ4n) is 2.85. The molecule has 116 valence electrons. The highest BCUT2D eigenvalue weighted by molar-refractivity contribution is 7.89. The minimum atomic E-state index is -3.76. The van der Waals surface area contributed by atoms with Gasteiger partial charge >= 0.3 is 5.97 Å². The summed E-state index contributed by atoms with van der Waals surface area (Å²) in [6.07, 6.45) is 2.77. The highest BCUT2D eigenvalue weighted by Gasteiger charge is 2.45. The Bertz CT molecular complexity index is 673. The van der Waals surface area contributed by atoms with Gasteiger partial charge in [0.1, 0.15) is 10.7 Å². The molecule has 8 heteroatoms. The van der Waals surface area contributed by atoms with Gasteiger partial charge in [0.05, 0.1) is 12.2 Å². The first-order chi connectivity index (χ1) is 9.84. The Hall–Kier alpha value is -1.38. The Balaban J connectivity index is 1.91. The lowest BCUT2D eigenvalue weighted by atomic mass is 9.79. The summed E-state index contributed by atoms with van der Waals surface area (Å²) in [5, 5.41) is 8.91. The van der Waals surface area contributed by atoms with Crippen LogP contribution in [0.25, 0.3) is 0 Å². The Morgan fingerprint density at radius 3 is 2.67 bits per heavy atom. The number of aromatic carboxylic acids is 1. The predicted molar refractivity (Wildman–Crippen MR) is 71.7 cm³/mol. The molecule has 1 aliphatic carbocycles. The van der Waals surface area contributed by atoms with Gasteiger partial charge in [-0.15, -0.1) is 0 Å². The van der Waals surface area contributed by atoms with Gasteiger partial charge in [-0.2, -0.15) is 4.31 Å². The third kappa shape index (κ3) is 2.37. The molecule has 1 spiro atoms. The van der Waals surface area contributed by atoms with Gasteiger partial charge in [0, 0.05) is 19.2 Å². The second-order valence-corrected chi connectivity index (χ2v) is 7.47. The van der Waals surface area contributed by atoms with Crippen LogP contribution in [-0.4, -0.2) is 49.1 Å². The van der Waals surface area contributed by atoms with Gasteiger partial charge < -0.3 is 14.3 Å². The fourth-order valence-corrected chi connectivity index (χ4v) is 4.51. The van der Waals surface area contributed by atoms with E-state index in [-0.39, 0.29) is 28.6 Å². The molecule has 7 nitrogen and oxygen atoms in total. The smallest absolute Gasteiger partial charge is 0.371 e. The van der Waals surface area contributed by atoms with Gasteiger partial charge in [-0.1, -0.05) is 0 Å². The van der Waals surface area contributed by atoms with Crippen molar-refractivity contribution in [2.45, 2.75) is 36.7 Å². The number of carboxylic acids is 1. The minimum Gasteiger partial charge on any atom is -0.475 e. The molecule has 2 heterocycles. The first kappa shape index (κ1) is 14.6. The third-order valence-electron chi connectivity index (χ3n) is 4.18. The van der Waals surface area contributed by atoms with Crippen LogP contribution in [0.15, 0.2) is 15.4 Å². The lowest BCUT2D eigenvalue weighted by Gasteiger charge is -2.47. The molecule has 0 amide bonds. The Kier molecular flexibility index (Phi) is 3.34. The molecule has 0 aromatic carbocycles. The maximum Gasteiger partial charge on any atom is 0.371 e. The van der Waals surface area contributed by atoms with Crippen molar-refractivity contribution in [2.75, 3.05) is 19.7 Å². The molecule has 2 aliphatic rings. The number of carboxylic acid groups (broad SMARTS) is 1. The molecule has 0 atom stereocenters. The zero-order chi connectivity index (χ0) is 15.3. The maximum atomic E-state index is 12.7. The van der Waals surface area contributed by atoms with Crippen molar-refractivity contribution >= 4 is 16.0 Å². The van der Waals surface area contributed by atoms with Crippen LogP contribution in [0.1, 0.15) is 35.6 Å². The number of nitrogens with zero attached hydrogens (tertiary/aromatic N) is 1. The van der Waals surface area contributed by atoms with Crippen LogP contribution in [-0.2, 0) is 14.8 Å². The Labute approximate surface area is 122 Å². The Morgan fingerprint density at radius 2 is 2.14 bits per heavy atom. The lowest BCUT2D eigenvalue weighted by Crippen LogP contribution is -2.56. The summed E-state index contributed by atoms with van der Waals surface area (Å²) >= 11 is 0. The molecule has 2 fully saturated rings. The van der Waals surface area contributed by atoms with Crippen molar-refractivity contribution in [1.29, 1.82) is 0 Å². The number of hydrogen-bond acceptors (Lipinski definition) is 5. The van der Waals surface area contributed by atoms with Crippen LogP contribution < -0.4 is 0 Å². The summed E-state index contributed by atoms with van der Waals surface area (Å²) in [6.45, 7) is 2.42. The van der Waals surface area contributed by atoms with E-state index in [4.69, 9.17) is 14.3 Å². The summed E-state index contributed by atoms with van der Waals surface area (Å²) in [7, 11) is -3.76. The van der Waals surface area contributed by atoms with Gasteiger partial charge in [-0.25, -0.2) is 13.2 Å². The molecule has 1 aromatic rings. The van der Waals surface area contributed by atoms with E-state index in [0.717, 1.165) is 25.3 Å². The van der Waals surface area contributed by atoms with E-state index in [0.29, 0.717) is 13.2 Å². The first-order valence-corrected chi connectivity index (χ1v) is 8.26. The molecule has 1 saturated carbocycles. The van der Waals surface area contributed by atoms with Crippen LogP contribution >= 0.6 is 0 Å². The minimum absolute atomic E-state index is 0.0729. The summed E-state index contributed by atoms with van der Waals surface area (Å²) < 4.78 is 37.5. The number of furan rings is 1. The normalized spacial score (nSPS) is 22.1. The van der Waals surface area contributed by atoms with E-state index in [1.807, 2.05) is 0 Å². The molecule has 1 N–H and O–H groups in total. The average Bonchev–Trinajstić information content (AvgIpc) is 2.80. The number of rotatable bonds is 3. The number of sulfonamides is 1. The number of carbonyl (C=O) groups is 1. The quantitative estimate of drug-likeness (QED) is 0.901. The molecular formula is C13H17NO6S. The topological polar surface area (TPSA) is 97.0 Å². The Morgan fingerprint density at radius 1 is 1.43 bits per heavy atom. The van der Waals surface area contributed by atoms with Gasteiger partial charge in [-0.05, 0) is 26.2 Å². The van der Waals surface area contributed by atoms with Crippen molar-refractivity contribution in [2.24, 2.45) is 0 Å². The monoisotopic (exact) mass is 315 g/mol. The summed E-state index contributed by atoms with van der Waals surface area (Å²) in [4.78, 5) is 10.8. The second-order valence-electron chi connectivity index (χ2n) is 5.56. The van der Waals surface area contributed by atoms with Crippen LogP contribution in [0.3, 0.4) is 0 Å².